The first kappa shape index (κ1) is 29.8. The standard InChI is InChI=1S/C35H40N4O2/c1-6-24(4)17-34(39-14-9-15-39)38-33(8-3)27-11-10-26(7-2)30(18-27)16-25(5)21-37-35(40)28-12-13-29-22-41-23-31(20-36)32(29)19-28/h7-8,10-13,16-19,31H,5-6,9,14-15,21-23H2,1-4H3,(H,37,40)/b24-17+,26-7-,30-16-,33-8-,38-34-. The summed E-state index contributed by atoms with van der Waals surface area (Å²) in [6.45, 7) is 15.8. The number of hydrogen-bond donors (Lipinski definition) is 1. The molecule has 41 heavy (non-hydrogen) atoms. The van der Waals surface area contributed by atoms with Gasteiger partial charge in [0.2, 0.25) is 0 Å². The van der Waals surface area contributed by atoms with Crippen LogP contribution in [0.1, 0.15) is 73.5 Å². The predicted octanol–water partition coefficient (Wildman–Crippen LogP) is 5.21. The number of ether oxygens (including phenoxy) is 1. The predicted molar refractivity (Wildman–Crippen MR) is 168 cm³/mol. The summed E-state index contributed by atoms with van der Waals surface area (Å²) in [4.78, 5) is 20.4. The second-order valence-corrected chi connectivity index (χ2v) is 10.6. The van der Waals surface area contributed by atoms with Gasteiger partial charge in [0, 0.05) is 30.8 Å². The molecule has 1 fully saturated rings. The highest BCUT2D eigenvalue weighted by Gasteiger charge is 2.22. The van der Waals surface area contributed by atoms with Gasteiger partial charge in [0.1, 0.15) is 5.84 Å². The Balaban J connectivity index is 1.54. The van der Waals surface area contributed by atoms with Crippen LogP contribution in [0.5, 0.6) is 0 Å². The van der Waals surface area contributed by atoms with Gasteiger partial charge in [0.25, 0.3) is 5.91 Å². The van der Waals surface area contributed by atoms with Crippen molar-refractivity contribution < 1.29 is 9.53 Å². The summed E-state index contributed by atoms with van der Waals surface area (Å²) >= 11 is 0. The molecule has 2 heterocycles. The highest BCUT2D eigenvalue weighted by molar-refractivity contribution is 5.97. The number of fused-ring (bicyclic) bond motifs is 1. The molecule has 4 rings (SSSR count). The number of amidine groups is 1. The number of rotatable bonds is 8. The number of allylic oxidation sites excluding steroid dienone is 2. The SMILES string of the molecule is C=C(/C=c1/cc(C(=C/C)/N=C(/C=C(\C)CC)N2CCC2)cc/c1=C/C)CNC(=O)c1ccc2c(c1)C(C#N)COC2. The summed E-state index contributed by atoms with van der Waals surface area (Å²) < 4.78 is 5.48. The molecule has 0 bridgehead atoms. The van der Waals surface area contributed by atoms with Gasteiger partial charge >= 0.3 is 0 Å². The van der Waals surface area contributed by atoms with E-state index >= 15 is 0 Å². The lowest BCUT2D eigenvalue weighted by molar-refractivity contribution is 0.0952. The Labute approximate surface area is 243 Å². The first-order valence-electron chi connectivity index (χ1n) is 14.4. The summed E-state index contributed by atoms with van der Waals surface area (Å²) in [6, 6.07) is 14.1. The van der Waals surface area contributed by atoms with Crippen LogP contribution in [0.25, 0.3) is 17.8 Å². The van der Waals surface area contributed by atoms with Crippen LogP contribution in [0.3, 0.4) is 0 Å². The third-order valence-corrected chi connectivity index (χ3v) is 7.63. The van der Waals surface area contributed by atoms with Crippen molar-refractivity contribution in [3.63, 3.8) is 0 Å². The van der Waals surface area contributed by atoms with Gasteiger partial charge in [-0.2, -0.15) is 5.26 Å². The Morgan fingerprint density at radius 2 is 1.98 bits per heavy atom. The first-order chi connectivity index (χ1) is 19.9. The van der Waals surface area contributed by atoms with Gasteiger partial charge in [-0.05, 0) is 91.1 Å². The fourth-order valence-electron chi connectivity index (χ4n) is 4.85. The number of carbonyl (C=O) groups is 1. The topological polar surface area (TPSA) is 77.7 Å². The largest absolute Gasteiger partial charge is 0.375 e. The molecule has 1 amide bonds. The van der Waals surface area contributed by atoms with Crippen LogP contribution in [0.4, 0.5) is 0 Å². The van der Waals surface area contributed by atoms with Crippen LogP contribution < -0.4 is 15.8 Å². The molecule has 2 aromatic rings. The number of nitriles is 1. The summed E-state index contributed by atoms with van der Waals surface area (Å²) in [7, 11) is 0. The smallest absolute Gasteiger partial charge is 0.251 e. The lowest BCUT2D eigenvalue weighted by atomic mass is 9.92. The summed E-state index contributed by atoms with van der Waals surface area (Å²) in [5.41, 5.74) is 6.42. The fourth-order valence-corrected chi connectivity index (χ4v) is 4.85. The molecule has 6 nitrogen and oxygen atoms in total. The van der Waals surface area contributed by atoms with E-state index in [4.69, 9.17) is 9.73 Å². The number of aliphatic imine (C=N–C) groups is 1. The number of nitrogens with one attached hydrogen (secondary N) is 1. The Morgan fingerprint density at radius 3 is 2.63 bits per heavy atom. The van der Waals surface area contributed by atoms with Gasteiger partial charge < -0.3 is 15.0 Å². The molecule has 0 aliphatic carbocycles. The molecule has 0 radical (unpaired) electrons. The second kappa shape index (κ2) is 13.9. The zero-order chi connectivity index (χ0) is 29.4. The number of carbonyl (C=O) groups excluding carboxylic acids is 1. The van der Waals surface area contributed by atoms with Crippen molar-refractivity contribution in [1.82, 2.24) is 10.2 Å². The molecular formula is C35H40N4O2. The minimum absolute atomic E-state index is 0.193. The third kappa shape index (κ3) is 7.31. The summed E-state index contributed by atoms with van der Waals surface area (Å²) in [6.07, 6.45) is 10.5. The quantitative estimate of drug-likeness (QED) is 0.363. The molecule has 1 N–H and O–H groups in total. The van der Waals surface area contributed by atoms with Gasteiger partial charge in [-0.15, -0.1) is 0 Å². The number of hydrogen-bond acceptors (Lipinski definition) is 4. The molecule has 6 heteroatoms. The zero-order valence-corrected chi connectivity index (χ0v) is 24.7. The Bertz CT molecular complexity index is 1570. The number of benzene rings is 2. The van der Waals surface area contributed by atoms with Crippen LogP contribution in [0.2, 0.25) is 0 Å². The van der Waals surface area contributed by atoms with E-state index in [0.29, 0.717) is 25.3 Å². The van der Waals surface area contributed by atoms with E-state index in [1.807, 2.05) is 32.1 Å². The maximum absolute atomic E-state index is 13.0. The van der Waals surface area contributed by atoms with Crippen molar-refractivity contribution in [3.05, 3.63) is 99.0 Å². The molecule has 2 aromatic carbocycles. The van der Waals surface area contributed by atoms with Crippen molar-refractivity contribution in [2.24, 2.45) is 4.99 Å². The molecule has 1 atom stereocenters. The van der Waals surface area contributed by atoms with Crippen LogP contribution in [0.15, 0.2) is 71.3 Å². The van der Waals surface area contributed by atoms with E-state index < -0.39 is 0 Å². The monoisotopic (exact) mass is 548 g/mol. The first-order valence-corrected chi connectivity index (χ1v) is 14.4. The van der Waals surface area contributed by atoms with Crippen LogP contribution >= 0.6 is 0 Å². The Kier molecular flexibility index (Phi) is 10.1. The molecule has 2 aliphatic rings. The molecular weight excluding hydrogens is 508 g/mol. The van der Waals surface area contributed by atoms with E-state index in [1.54, 1.807) is 6.07 Å². The second-order valence-electron chi connectivity index (χ2n) is 10.6. The lowest BCUT2D eigenvalue weighted by Gasteiger charge is -2.33. The van der Waals surface area contributed by atoms with Crippen LogP contribution in [-0.2, 0) is 11.3 Å². The van der Waals surface area contributed by atoms with E-state index in [9.17, 15) is 10.1 Å². The van der Waals surface area contributed by atoms with E-state index in [2.05, 4.69) is 73.1 Å². The van der Waals surface area contributed by atoms with Crippen molar-refractivity contribution >= 4 is 29.6 Å². The van der Waals surface area contributed by atoms with Gasteiger partial charge in [-0.25, -0.2) is 4.99 Å². The molecule has 1 unspecified atom stereocenters. The van der Waals surface area contributed by atoms with Gasteiger partial charge in [0.05, 0.1) is 30.9 Å². The van der Waals surface area contributed by atoms with Crippen molar-refractivity contribution in [2.45, 2.75) is 53.1 Å². The van der Waals surface area contributed by atoms with Gasteiger partial charge in [0.15, 0.2) is 0 Å². The van der Waals surface area contributed by atoms with Crippen LogP contribution in [-0.4, -0.2) is 42.9 Å². The Morgan fingerprint density at radius 1 is 1.20 bits per heavy atom. The Hall–Kier alpha value is -4.21. The third-order valence-electron chi connectivity index (χ3n) is 7.63. The van der Waals surface area contributed by atoms with Crippen molar-refractivity contribution in [3.8, 4) is 6.07 Å². The van der Waals surface area contributed by atoms with Crippen molar-refractivity contribution in [1.29, 1.82) is 5.26 Å². The van der Waals surface area contributed by atoms with E-state index in [-0.39, 0.29) is 11.8 Å². The highest BCUT2D eigenvalue weighted by atomic mass is 16.5. The van der Waals surface area contributed by atoms with E-state index in [0.717, 1.165) is 63.7 Å². The van der Waals surface area contributed by atoms with Crippen LogP contribution in [0, 0.1) is 11.3 Å². The average Bonchev–Trinajstić information content (AvgIpc) is 2.96. The maximum Gasteiger partial charge on any atom is 0.251 e. The molecule has 1 saturated heterocycles. The molecule has 0 spiro atoms. The lowest BCUT2D eigenvalue weighted by Crippen LogP contribution is -2.41. The number of nitrogens with zero attached hydrogens (tertiary/aromatic N) is 3. The summed E-state index contributed by atoms with van der Waals surface area (Å²) in [5, 5.41) is 14.5. The summed E-state index contributed by atoms with van der Waals surface area (Å²) in [5.74, 6) is 0.468. The van der Waals surface area contributed by atoms with E-state index in [1.165, 1.54) is 12.0 Å². The number of amides is 1. The minimum atomic E-state index is -0.356. The molecule has 0 aromatic heterocycles. The average molecular weight is 549 g/mol. The van der Waals surface area contributed by atoms with Crippen molar-refractivity contribution in [2.75, 3.05) is 26.2 Å². The highest BCUT2D eigenvalue weighted by Crippen LogP contribution is 2.27. The van der Waals surface area contributed by atoms with Gasteiger partial charge in [-0.1, -0.05) is 49.4 Å². The molecule has 2 aliphatic heterocycles. The minimum Gasteiger partial charge on any atom is -0.375 e. The fraction of sp³-hybridized carbons (Fsp3) is 0.343. The molecule has 212 valence electrons. The normalized spacial score (nSPS) is 18.5. The van der Waals surface area contributed by atoms with Gasteiger partial charge in [-0.3, -0.25) is 4.79 Å². The molecule has 0 saturated carbocycles. The zero-order valence-electron chi connectivity index (χ0n) is 24.7. The maximum atomic E-state index is 13.0. The number of likely N-dealkylation sites (tertiary alicyclic amines) is 1.